The Hall–Kier alpha value is -2.55. The van der Waals surface area contributed by atoms with Crippen LogP contribution >= 0.6 is 11.8 Å². The molecule has 170 valence electrons. The number of nitrogens with zero attached hydrogens (tertiary/aromatic N) is 1. The number of fused-ring (bicyclic) bond motifs is 1. The number of carbonyl (C=O) groups excluding carboxylic acids is 1. The number of carbonyl (C=O) groups is 1. The van der Waals surface area contributed by atoms with Crippen LogP contribution in [0.1, 0.15) is 62.1 Å². The highest BCUT2D eigenvalue weighted by Gasteiger charge is 2.39. The molecular weight excluding hydrogens is 439 g/mol. The molecule has 5 nitrogen and oxygen atoms in total. The van der Waals surface area contributed by atoms with Crippen LogP contribution in [0.2, 0.25) is 0 Å². The van der Waals surface area contributed by atoms with Gasteiger partial charge in [0.05, 0.1) is 11.1 Å². The summed E-state index contributed by atoms with van der Waals surface area (Å²) < 4.78 is 40.1. The normalized spacial score (nSPS) is 18.4. The fraction of sp³-hybridized carbons (Fsp3) is 0.435. The van der Waals surface area contributed by atoms with Gasteiger partial charge in [0.15, 0.2) is 10.9 Å². The van der Waals surface area contributed by atoms with Crippen molar-refractivity contribution < 1.29 is 18.0 Å². The molecule has 0 bridgehead atoms. The molecule has 2 heterocycles. The maximum absolute atomic E-state index is 13.4. The number of alkyl halides is 3. The molecule has 0 saturated carbocycles. The Morgan fingerprint density at radius 2 is 2.00 bits per heavy atom. The van der Waals surface area contributed by atoms with Gasteiger partial charge < -0.3 is 10.3 Å². The van der Waals surface area contributed by atoms with Crippen molar-refractivity contribution >= 4 is 23.4 Å². The van der Waals surface area contributed by atoms with Gasteiger partial charge in [0.2, 0.25) is 0 Å². The minimum Gasteiger partial charge on any atom is -0.343 e. The molecule has 2 aromatic rings. The van der Waals surface area contributed by atoms with Crippen molar-refractivity contribution in [1.82, 2.24) is 9.97 Å². The number of ketones is 1. The number of thioether (sulfide) groups is 1. The molecule has 1 unspecified atom stereocenters. The van der Waals surface area contributed by atoms with E-state index >= 15 is 0 Å². The van der Waals surface area contributed by atoms with Crippen LogP contribution < -0.4 is 10.9 Å². The maximum Gasteiger partial charge on any atom is 0.416 e. The Kier molecular flexibility index (Phi) is 6.20. The first kappa shape index (κ1) is 22.6. The van der Waals surface area contributed by atoms with Crippen LogP contribution in [0.25, 0.3) is 0 Å². The number of Topliss-reactive ketones (excluding diaryl/α,β-unsaturated/α-hetero) is 1. The molecule has 1 aliphatic heterocycles. The molecule has 4 rings (SSSR count). The number of aromatic nitrogens is 2. The first-order valence-corrected chi connectivity index (χ1v) is 11.6. The molecule has 1 aromatic carbocycles. The van der Waals surface area contributed by atoms with Gasteiger partial charge in [0, 0.05) is 29.4 Å². The molecule has 0 amide bonds. The monoisotopic (exact) mass is 463 g/mol. The zero-order valence-corrected chi connectivity index (χ0v) is 18.6. The summed E-state index contributed by atoms with van der Waals surface area (Å²) in [4.78, 5) is 33.3. The summed E-state index contributed by atoms with van der Waals surface area (Å²) in [7, 11) is 0. The van der Waals surface area contributed by atoms with Crippen LogP contribution in [0, 0.1) is 5.92 Å². The van der Waals surface area contributed by atoms with Crippen molar-refractivity contribution in [2.75, 3.05) is 11.1 Å². The van der Waals surface area contributed by atoms with Crippen LogP contribution in [0.4, 0.5) is 19.0 Å². The largest absolute Gasteiger partial charge is 0.416 e. The molecule has 1 aliphatic carbocycles. The maximum atomic E-state index is 13.4. The van der Waals surface area contributed by atoms with E-state index in [2.05, 4.69) is 29.1 Å². The van der Waals surface area contributed by atoms with Gasteiger partial charge in [-0.05, 0) is 36.8 Å². The number of H-pyrrole nitrogens is 1. The summed E-state index contributed by atoms with van der Waals surface area (Å²) in [5.74, 6) is 0.569. The lowest BCUT2D eigenvalue weighted by atomic mass is 9.76. The highest BCUT2D eigenvalue weighted by Crippen LogP contribution is 2.44. The van der Waals surface area contributed by atoms with E-state index in [0.717, 1.165) is 24.3 Å². The van der Waals surface area contributed by atoms with E-state index in [0.29, 0.717) is 47.4 Å². The van der Waals surface area contributed by atoms with Crippen molar-refractivity contribution in [1.29, 1.82) is 0 Å². The Balaban J connectivity index is 1.83. The first-order valence-electron chi connectivity index (χ1n) is 10.6. The first-order chi connectivity index (χ1) is 15.1. The molecule has 9 heteroatoms. The Bertz CT molecular complexity index is 1140. The average Bonchev–Trinajstić information content (AvgIpc) is 2.72. The summed E-state index contributed by atoms with van der Waals surface area (Å²) in [5.41, 5.74) is 0.208. The third-order valence-electron chi connectivity index (χ3n) is 5.72. The number of hydrogen-bond donors (Lipinski definition) is 2. The van der Waals surface area contributed by atoms with Crippen molar-refractivity contribution in [3.8, 4) is 0 Å². The van der Waals surface area contributed by atoms with Crippen molar-refractivity contribution in [3.63, 3.8) is 0 Å². The van der Waals surface area contributed by atoms with Crippen LogP contribution in [0.3, 0.4) is 0 Å². The van der Waals surface area contributed by atoms with Gasteiger partial charge in [-0.15, -0.1) is 0 Å². The molecular formula is C23H24F3N3O2S. The summed E-state index contributed by atoms with van der Waals surface area (Å²) in [6.45, 7) is 4.22. The summed E-state index contributed by atoms with van der Waals surface area (Å²) in [6, 6.07) is 4.86. The van der Waals surface area contributed by atoms with Crippen LogP contribution in [0.5, 0.6) is 0 Å². The fourth-order valence-electron chi connectivity index (χ4n) is 4.13. The van der Waals surface area contributed by atoms with Crippen LogP contribution in [-0.4, -0.2) is 21.5 Å². The molecule has 0 spiro atoms. The van der Waals surface area contributed by atoms with Gasteiger partial charge in [-0.1, -0.05) is 43.8 Å². The van der Waals surface area contributed by atoms with E-state index < -0.39 is 23.2 Å². The topological polar surface area (TPSA) is 74.8 Å². The smallest absolute Gasteiger partial charge is 0.343 e. The SMILES string of the molecule is CC(C)CCSc1nc2c(c(=O)[nH]1)C(c1cccc(C(F)(F)F)c1)C1=C(CCCC1=O)N2. The number of nitrogens with one attached hydrogen (secondary N) is 2. The van der Waals surface area contributed by atoms with E-state index in [9.17, 15) is 22.8 Å². The number of hydrogen-bond acceptors (Lipinski definition) is 5. The second-order valence-corrected chi connectivity index (χ2v) is 9.60. The fourth-order valence-corrected chi connectivity index (χ4v) is 5.23. The van der Waals surface area contributed by atoms with E-state index in [4.69, 9.17) is 0 Å². The quantitative estimate of drug-likeness (QED) is 0.453. The molecule has 0 saturated heterocycles. The Labute approximate surface area is 187 Å². The lowest BCUT2D eigenvalue weighted by Crippen LogP contribution is -2.32. The van der Waals surface area contributed by atoms with E-state index in [-0.39, 0.29) is 16.9 Å². The summed E-state index contributed by atoms with van der Waals surface area (Å²) in [5, 5.41) is 3.60. The number of anilines is 1. The minimum absolute atomic E-state index is 0.151. The van der Waals surface area contributed by atoms with Gasteiger partial charge in [0.1, 0.15) is 5.82 Å². The van der Waals surface area contributed by atoms with E-state index in [1.165, 1.54) is 23.9 Å². The Morgan fingerprint density at radius 3 is 2.72 bits per heavy atom. The number of aromatic amines is 1. The van der Waals surface area contributed by atoms with Gasteiger partial charge >= 0.3 is 6.18 Å². The molecule has 2 N–H and O–H groups in total. The lowest BCUT2D eigenvalue weighted by Gasteiger charge is -2.33. The number of allylic oxidation sites excluding steroid dienone is 2. The summed E-state index contributed by atoms with van der Waals surface area (Å²) in [6.07, 6.45) is -2.04. The Morgan fingerprint density at radius 1 is 1.22 bits per heavy atom. The van der Waals surface area contributed by atoms with Crippen LogP contribution in [0.15, 0.2) is 45.5 Å². The van der Waals surface area contributed by atoms with Gasteiger partial charge in [-0.2, -0.15) is 13.2 Å². The third-order valence-corrected chi connectivity index (χ3v) is 6.62. The number of rotatable bonds is 5. The zero-order valence-electron chi connectivity index (χ0n) is 17.8. The molecule has 1 atom stereocenters. The van der Waals surface area contributed by atoms with Crippen molar-refractivity contribution in [2.24, 2.45) is 5.92 Å². The predicted molar refractivity (Wildman–Crippen MR) is 118 cm³/mol. The molecule has 0 fully saturated rings. The van der Waals surface area contributed by atoms with E-state index in [1.807, 2.05) is 0 Å². The van der Waals surface area contributed by atoms with E-state index in [1.54, 1.807) is 0 Å². The van der Waals surface area contributed by atoms with Gasteiger partial charge in [-0.3, -0.25) is 9.59 Å². The van der Waals surface area contributed by atoms with Crippen molar-refractivity contribution in [3.05, 3.63) is 62.6 Å². The van der Waals surface area contributed by atoms with Gasteiger partial charge in [0.25, 0.3) is 5.56 Å². The average molecular weight is 464 g/mol. The highest BCUT2D eigenvalue weighted by atomic mass is 32.2. The second-order valence-electron chi connectivity index (χ2n) is 8.51. The lowest BCUT2D eigenvalue weighted by molar-refractivity contribution is -0.137. The molecule has 2 aliphatic rings. The number of benzene rings is 1. The predicted octanol–water partition coefficient (Wildman–Crippen LogP) is 5.49. The highest BCUT2D eigenvalue weighted by molar-refractivity contribution is 7.99. The second kappa shape index (κ2) is 8.77. The summed E-state index contributed by atoms with van der Waals surface area (Å²) >= 11 is 1.43. The minimum atomic E-state index is -4.53. The molecule has 1 aromatic heterocycles. The zero-order chi connectivity index (χ0) is 23.0. The third kappa shape index (κ3) is 4.48. The molecule has 0 radical (unpaired) electrons. The standard InChI is InChI=1S/C23H24F3N3O2S/c1-12(2)9-10-32-22-28-20-19(21(31)29-22)17(18-15(27-20)7-4-8-16(18)30)13-5-3-6-14(11-13)23(24,25)26/h3,5-6,11-12,17H,4,7-10H2,1-2H3,(H2,27,28,29,31). The number of halogens is 3. The van der Waals surface area contributed by atoms with Crippen LogP contribution in [-0.2, 0) is 11.0 Å². The van der Waals surface area contributed by atoms with Gasteiger partial charge in [-0.25, -0.2) is 4.98 Å². The molecule has 32 heavy (non-hydrogen) atoms. The van der Waals surface area contributed by atoms with Crippen molar-refractivity contribution in [2.45, 2.75) is 56.8 Å².